The number of aromatic nitrogens is 2. The topological polar surface area (TPSA) is 67.7 Å². The Morgan fingerprint density at radius 2 is 2.10 bits per heavy atom. The zero-order valence-corrected chi connectivity index (χ0v) is 15.8. The molecule has 21 heavy (non-hydrogen) atoms. The summed E-state index contributed by atoms with van der Waals surface area (Å²) >= 11 is 14.6. The van der Waals surface area contributed by atoms with E-state index in [-0.39, 0.29) is 16.0 Å². The maximum absolute atomic E-state index is 12.1. The van der Waals surface area contributed by atoms with Gasteiger partial charge in [0.1, 0.15) is 0 Å². The van der Waals surface area contributed by atoms with Gasteiger partial charge in [-0.1, -0.05) is 0 Å². The second-order valence-electron chi connectivity index (χ2n) is 4.57. The van der Waals surface area contributed by atoms with E-state index in [4.69, 9.17) is 27.9 Å². The number of aliphatic imine (C=N–C) groups is 1. The van der Waals surface area contributed by atoms with Gasteiger partial charge in [-0.25, -0.2) is 0 Å². The van der Waals surface area contributed by atoms with E-state index in [0.717, 1.165) is 0 Å². The zero-order chi connectivity index (χ0) is 15.8. The van der Waals surface area contributed by atoms with Crippen LogP contribution in [0.1, 0.15) is 0 Å². The molecule has 0 aliphatic carbocycles. The molecule has 10 heteroatoms. The predicted octanol–water partition coefficient (Wildman–Crippen LogP) is 1.72. The molecule has 0 bridgehead atoms. The fourth-order valence-electron chi connectivity index (χ4n) is 1.59. The van der Waals surface area contributed by atoms with Gasteiger partial charge in [0.2, 0.25) is 0 Å². The average molecular weight is 409 g/mol. The third kappa shape index (κ3) is 3.45. The predicted molar refractivity (Wildman–Crippen MR) is 86.9 cm³/mol. The van der Waals surface area contributed by atoms with E-state index in [0.29, 0.717) is 16.3 Å². The number of hydrogen-bond acceptors (Lipinski definition) is 6. The van der Waals surface area contributed by atoms with Crippen molar-refractivity contribution in [1.82, 2.24) is 9.97 Å². The molecule has 2 radical (unpaired) electrons. The molecule has 2 rings (SSSR count). The van der Waals surface area contributed by atoms with Gasteiger partial charge in [0.25, 0.3) is 0 Å². The van der Waals surface area contributed by atoms with Crippen molar-refractivity contribution in [3.8, 4) is 5.88 Å². The van der Waals surface area contributed by atoms with Gasteiger partial charge in [-0.3, -0.25) is 0 Å². The monoisotopic (exact) mass is 408 g/mol. The first-order valence-electron chi connectivity index (χ1n) is 5.78. The Kier molecular flexibility index (Phi) is 5.04. The van der Waals surface area contributed by atoms with Gasteiger partial charge in [0.05, 0.1) is 0 Å². The summed E-state index contributed by atoms with van der Waals surface area (Å²) in [6.07, 6.45) is 2.93. The first kappa shape index (κ1) is 16.8. The van der Waals surface area contributed by atoms with Gasteiger partial charge < -0.3 is 0 Å². The van der Waals surface area contributed by atoms with Crippen LogP contribution >= 0.6 is 30.3 Å². The molecule has 1 aromatic heterocycles. The van der Waals surface area contributed by atoms with Gasteiger partial charge in [-0.2, -0.15) is 0 Å². The van der Waals surface area contributed by atoms with Crippen molar-refractivity contribution in [2.75, 3.05) is 25.3 Å². The normalized spacial score (nSPS) is 19.1. The molecule has 1 unspecified atom stereocenters. The van der Waals surface area contributed by atoms with E-state index in [1.807, 2.05) is 0 Å². The average Bonchev–Trinajstić information content (AvgIpc) is 2.42. The molecular formula is C11H12AsCl2N4O2P. The van der Waals surface area contributed by atoms with Gasteiger partial charge >= 0.3 is 141 Å². The number of halogens is 2. The van der Waals surface area contributed by atoms with Crippen LogP contribution in [-0.2, 0) is 4.57 Å². The van der Waals surface area contributed by atoms with E-state index < -0.39 is 7.14 Å². The van der Waals surface area contributed by atoms with Gasteiger partial charge in [0, 0.05) is 0 Å². The molecule has 2 heterocycles. The van der Waals surface area contributed by atoms with Crippen molar-refractivity contribution in [3.63, 3.8) is 0 Å². The minimum atomic E-state index is -2.54. The Balaban J connectivity index is 2.52. The van der Waals surface area contributed by atoms with Crippen molar-refractivity contribution in [2.24, 2.45) is 4.99 Å². The van der Waals surface area contributed by atoms with Crippen LogP contribution in [-0.4, -0.2) is 57.4 Å². The summed E-state index contributed by atoms with van der Waals surface area (Å²) in [5.74, 6) is 0.576. The number of amidine groups is 1. The molecule has 1 aliphatic heterocycles. The quantitative estimate of drug-likeness (QED) is 0.432. The van der Waals surface area contributed by atoms with Crippen molar-refractivity contribution in [2.45, 2.75) is 4.83 Å². The standard InChI is InChI=1S/C11H12AsCl2N4O2P/c1-20-10-9(15-5-7(17-10)21(2,3)19)18-8(12)6(13)4-16-11(18)14/h4-5,8H,1-3H3. The van der Waals surface area contributed by atoms with Crippen molar-refractivity contribution in [3.05, 3.63) is 17.4 Å². The molecule has 0 spiro atoms. The number of nitrogens with zero attached hydrogens (tertiary/aromatic N) is 4. The number of hydrogen-bond donors (Lipinski definition) is 0. The molecule has 0 amide bonds. The fraction of sp³-hybridized carbons (Fsp3) is 0.364. The van der Waals surface area contributed by atoms with E-state index >= 15 is 0 Å². The minimum absolute atomic E-state index is 0.196. The number of anilines is 1. The molecule has 1 aromatic rings. The summed E-state index contributed by atoms with van der Waals surface area (Å²) in [7, 11) is -1.08. The molecule has 112 valence electrons. The first-order chi connectivity index (χ1) is 9.75. The molecule has 0 saturated heterocycles. The molecule has 0 N–H and O–H groups in total. The van der Waals surface area contributed by atoms with Crippen LogP contribution < -0.4 is 15.1 Å². The molecule has 0 saturated carbocycles. The van der Waals surface area contributed by atoms with Crippen LogP contribution in [0.5, 0.6) is 5.88 Å². The van der Waals surface area contributed by atoms with E-state index in [2.05, 4.69) is 31.8 Å². The Morgan fingerprint density at radius 1 is 1.43 bits per heavy atom. The molecular weight excluding hydrogens is 397 g/mol. The SMILES string of the molecule is COc1nc(P(C)(C)=O)cnc1N1C(Cl)=NC=C(Cl)C1[As]. The molecule has 6 nitrogen and oxygen atoms in total. The molecule has 0 aromatic carbocycles. The van der Waals surface area contributed by atoms with Crippen molar-refractivity contribution in [1.29, 1.82) is 0 Å². The Morgan fingerprint density at radius 3 is 2.67 bits per heavy atom. The summed E-state index contributed by atoms with van der Waals surface area (Å²) in [6, 6.07) is 0. The van der Waals surface area contributed by atoms with Crippen molar-refractivity contribution >= 4 is 63.7 Å². The Bertz CT molecular complexity index is 676. The van der Waals surface area contributed by atoms with Crippen LogP contribution in [0.4, 0.5) is 5.82 Å². The summed E-state index contributed by atoms with van der Waals surface area (Å²) in [6.45, 7) is 3.23. The maximum atomic E-state index is 12.1. The number of ether oxygens (including phenoxy) is 1. The first-order valence-corrected chi connectivity index (χ1v) is 10.2. The second kappa shape index (κ2) is 6.29. The number of methoxy groups -OCH3 is 1. The van der Waals surface area contributed by atoms with E-state index in [9.17, 15) is 4.57 Å². The van der Waals surface area contributed by atoms with Crippen LogP contribution in [0, 0.1) is 0 Å². The van der Waals surface area contributed by atoms with Crippen LogP contribution in [0.3, 0.4) is 0 Å². The number of rotatable bonds is 3. The van der Waals surface area contributed by atoms with Crippen molar-refractivity contribution < 1.29 is 9.30 Å². The molecule has 1 aliphatic rings. The van der Waals surface area contributed by atoms with Crippen LogP contribution in [0.2, 0.25) is 0 Å². The Labute approximate surface area is 141 Å². The van der Waals surface area contributed by atoms with Crippen LogP contribution in [0.25, 0.3) is 0 Å². The van der Waals surface area contributed by atoms with Crippen LogP contribution in [0.15, 0.2) is 22.4 Å². The van der Waals surface area contributed by atoms with E-state index in [1.54, 1.807) is 18.2 Å². The van der Waals surface area contributed by atoms with Gasteiger partial charge in [0.15, 0.2) is 0 Å². The Hall–Kier alpha value is -0.542. The summed E-state index contributed by atoms with van der Waals surface area (Å²) < 4.78 is 17.3. The third-order valence-corrected chi connectivity index (χ3v) is 5.97. The van der Waals surface area contributed by atoms with Gasteiger partial charge in [-0.15, -0.1) is 0 Å². The summed E-state index contributed by atoms with van der Waals surface area (Å²) in [5.41, 5.74) is 0.386. The third-order valence-electron chi connectivity index (χ3n) is 2.67. The summed E-state index contributed by atoms with van der Waals surface area (Å²) in [4.78, 5) is 13.8. The fourth-order valence-corrected chi connectivity index (χ4v) is 3.38. The zero-order valence-electron chi connectivity index (χ0n) is 11.5. The second-order valence-corrected chi connectivity index (χ2v) is 9.53. The van der Waals surface area contributed by atoms with Gasteiger partial charge in [-0.05, 0) is 0 Å². The molecule has 1 atom stereocenters. The molecule has 0 fully saturated rings. The summed E-state index contributed by atoms with van der Waals surface area (Å²) in [5, 5.41) is 0.686. The van der Waals surface area contributed by atoms with E-state index in [1.165, 1.54) is 19.5 Å².